The molecule has 0 radical (unpaired) electrons. The molecule has 0 saturated heterocycles. The van der Waals surface area contributed by atoms with Gasteiger partial charge in [0.25, 0.3) is 0 Å². The van der Waals surface area contributed by atoms with Crippen LogP contribution in [0, 0.1) is 0 Å². The Morgan fingerprint density at radius 2 is 1.68 bits per heavy atom. The number of aryl methyl sites for hydroxylation is 1. The van der Waals surface area contributed by atoms with Gasteiger partial charge in [0, 0.05) is 18.1 Å². The number of aromatic hydroxyl groups is 1. The molecule has 6 heteroatoms. The number of aromatic nitrogens is 1. The Morgan fingerprint density at radius 3 is 2.32 bits per heavy atom. The summed E-state index contributed by atoms with van der Waals surface area (Å²) in [4.78, 5) is 3.88. The summed E-state index contributed by atoms with van der Waals surface area (Å²) >= 11 is 0. The summed E-state index contributed by atoms with van der Waals surface area (Å²) in [5.74, 6) is 0.0949. The third kappa shape index (κ3) is 4.26. The lowest BCUT2D eigenvalue weighted by Gasteiger charge is -2.08. The van der Waals surface area contributed by atoms with E-state index in [1.165, 1.54) is 24.3 Å². The highest BCUT2D eigenvalue weighted by Gasteiger charge is 2.10. The van der Waals surface area contributed by atoms with Crippen molar-refractivity contribution in [2.24, 2.45) is 0 Å². The number of hydrogen-bond donors (Lipinski definition) is 2. The zero-order valence-electron chi connectivity index (χ0n) is 10.2. The van der Waals surface area contributed by atoms with Gasteiger partial charge in [-0.25, -0.2) is 8.42 Å². The van der Waals surface area contributed by atoms with E-state index in [0.29, 0.717) is 12.1 Å². The lowest BCUT2D eigenvalue weighted by Crippen LogP contribution is -2.18. The number of phenols is 1. The number of anilines is 1. The van der Waals surface area contributed by atoms with E-state index < -0.39 is 10.0 Å². The maximum atomic E-state index is 11.9. The standard InChI is InChI=1S/C13H14N2O3S/c16-13-3-1-12(2-4-13)15-19(17,18)10-7-11-5-8-14-9-6-11/h1-6,8-9,15-16H,7,10H2. The van der Waals surface area contributed by atoms with Crippen LogP contribution in [0.4, 0.5) is 5.69 Å². The molecule has 1 aromatic heterocycles. The second-order valence-electron chi connectivity index (χ2n) is 4.07. The molecule has 1 heterocycles. The molecule has 0 fully saturated rings. The Hall–Kier alpha value is -2.08. The smallest absolute Gasteiger partial charge is 0.233 e. The summed E-state index contributed by atoms with van der Waals surface area (Å²) in [6.07, 6.45) is 3.70. The van der Waals surface area contributed by atoms with Crippen LogP contribution in [0.2, 0.25) is 0 Å². The quantitative estimate of drug-likeness (QED) is 0.817. The van der Waals surface area contributed by atoms with Crippen molar-refractivity contribution in [3.63, 3.8) is 0 Å². The largest absolute Gasteiger partial charge is 0.508 e. The number of nitrogens with zero attached hydrogens (tertiary/aromatic N) is 1. The second kappa shape index (κ2) is 5.71. The van der Waals surface area contributed by atoms with E-state index in [-0.39, 0.29) is 11.5 Å². The van der Waals surface area contributed by atoms with Crippen LogP contribution in [0.1, 0.15) is 5.56 Å². The van der Waals surface area contributed by atoms with E-state index in [0.717, 1.165) is 5.56 Å². The van der Waals surface area contributed by atoms with E-state index in [9.17, 15) is 8.42 Å². The highest BCUT2D eigenvalue weighted by atomic mass is 32.2. The molecule has 0 spiro atoms. The maximum Gasteiger partial charge on any atom is 0.233 e. The molecule has 2 N–H and O–H groups in total. The molecule has 2 aromatic rings. The minimum atomic E-state index is -3.40. The molecule has 2 rings (SSSR count). The Kier molecular flexibility index (Phi) is 4.01. The minimum absolute atomic E-state index is 0.00209. The van der Waals surface area contributed by atoms with Gasteiger partial charge >= 0.3 is 0 Å². The average Bonchev–Trinajstić information content (AvgIpc) is 2.40. The van der Waals surface area contributed by atoms with Crippen LogP contribution in [0.15, 0.2) is 48.8 Å². The van der Waals surface area contributed by atoms with Gasteiger partial charge in [0.05, 0.1) is 5.75 Å². The summed E-state index contributed by atoms with van der Waals surface area (Å²) in [6, 6.07) is 9.46. The SMILES string of the molecule is O=S(=O)(CCc1ccncc1)Nc1ccc(O)cc1. The van der Waals surface area contributed by atoms with Crippen LogP contribution < -0.4 is 4.72 Å². The number of benzene rings is 1. The molecule has 0 aliphatic heterocycles. The molecule has 100 valence electrons. The molecule has 1 aromatic carbocycles. The van der Waals surface area contributed by atoms with Crippen molar-refractivity contribution in [1.82, 2.24) is 4.98 Å². The molecule has 0 bridgehead atoms. The van der Waals surface area contributed by atoms with Gasteiger partial charge in [0.1, 0.15) is 5.75 Å². The number of phenolic OH excluding ortho intramolecular Hbond substituents is 1. The summed E-state index contributed by atoms with van der Waals surface area (Å²) in [5, 5.41) is 9.12. The molecule has 0 amide bonds. The fourth-order valence-electron chi connectivity index (χ4n) is 1.56. The zero-order valence-corrected chi connectivity index (χ0v) is 11.0. The maximum absolute atomic E-state index is 11.9. The summed E-state index contributed by atoms with van der Waals surface area (Å²) in [6.45, 7) is 0. The van der Waals surface area contributed by atoms with Crippen molar-refractivity contribution in [3.8, 4) is 5.75 Å². The van der Waals surface area contributed by atoms with Crippen molar-refractivity contribution in [2.75, 3.05) is 10.5 Å². The fourth-order valence-corrected chi connectivity index (χ4v) is 2.66. The van der Waals surface area contributed by atoms with Gasteiger partial charge in [0.2, 0.25) is 10.0 Å². The Labute approximate surface area is 112 Å². The first-order valence-corrected chi connectivity index (χ1v) is 7.39. The van der Waals surface area contributed by atoms with Gasteiger partial charge in [0.15, 0.2) is 0 Å². The fraction of sp³-hybridized carbons (Fsp3) is 0.154. The highest BCUT2D eigenvalue weighted by Crippen LogP contribution is 2.15. The van der Waals surface area contributed by atoms with Crippen molar-refractivity contribution in [3.05, 3.63) is 54.4 Å². The normalized spacial score (nSPS) is 11.2. The molecule has 19 heavy (non-hydrogen) atoms. The Balaban J connectivity index is 1.97. The molecule has 5 nitrogen and oxygen atoms in total. The molecular weight excluding hydrogens is 264 g/mol. The monoisotopic (exact) mass is 278 g/mol. The topological polar surface area (TPSA) is 79.3 Å². The van der Waals surface area contributed by atoms with Crippen molar-refractivity contribution in [2.45, 2.75) is 6.42 Å². The van der Waals surface area contributed by atoms with Gasteiger partial charge < -0.3 is 5.11 Å². The minimum Gasteiger partial charge on any atom is -0.508 e. The number of sulfonamides is 1. The highest BCUT2D eigenvalue weighted by molar-refractivity contribution is 7.92. The third-order valence-corrected chi connectivity index (χ3v) is 3.84. The predicted octanol–water partition coefficient (Wildman–Crippen LogP) is 1.77. The van der Waals surface area contributed by atoms with Crippen LogP contribution in [-0.4, -0.2) is 24.3 Å². The first-order valence-electron chi connectivity index (χ1n) is 5.74. The lowest BCUT2D eigenvalue weighted by atomic mass is 10.2. The van der Waals surface area contributed by atoms with Crippen molar-refractivity contribution >= 4 is 15.7 Å². The summed E-state index contributed by atoms with van der Waals surface area (Å²) < 4.78 is 26.2. The number of nitrogens with one attached hydrogen (secondary N) is 1. The first-order chi connectivity index (χ1) is 9.05. The van der Waals surface area contributed by atoms with E-state index in [1.54, 1.807) is 24.5 Å². The zero-order chi connectivity index (χ0) is 13.7. The second-order valence-corrected chi connectivity index (χ2v) is 5.92. The number of pyridine rings is 1. The third-order valence-electron chi connectivity index (χ3n) is 2.55. The van der Waals surface area contributed by atoms with Crippen molar-refractivity contribution in [1.29, 1.82) is 0 Å². The number of hydrogen-bond acceptors (Lipinski definition) is 4. The van der Waals surface area contributed by atoms with Crippen LogP contribution in [0.5, 0.6) is 5.75 Å². The van der Waals surface area contributed by atoms with Gasteiger partial charge in [-0.05, 0) is 48.4 Å². The molecule has 0 unspecified atom stereocenters. The van der Waals surface area contributed by atoms with Crippen LogP contribution in [-0.2, 0) is 16.4 Å². The van der Waals surface area contributed by atoms with E-state index in [4.69, 9.17) is 5.11 Å². The van der Waals surface area contributed by atoms with Crippen LogP contribution in [0.25, 0.3) is 0 Å². The Morgan fingerprint density at radius 1 is 1.05 bits per heavy atom. The molecule has 0 aliphatic carbocycles. The first kappa shape index (κ1) is 13.4. The summed E-state index contributed by atoms with van der Waals surface area (Å²) in [5.41, 5.74) is 1.36. The number of rotatable bonds is 5. The molecule has 0 saturated carbocycles. The summed E-state index contributed by atoms with van der Waals surface area (Å²) in [7, 11) is -3.40. The predicted molar refractivity (Wildman–Crippen MR) is 73.5 cm³/mol. The molecule has 0 atom stereocenters. The Bertz CT molecular complexity index is 625. The van der Waals surface area contributed by atoms with Crippen molar-refractivity contribution < 1.29 is 13.5 Å². The lowest BCUT2D eigenvalue weighted by molar-refractivity contribution is 0.475. The van der Waals surface area contributed by atoms with Crippen LogP contribution >= 0.6 is 0 Å². The van der Waals surface area contributed by atoms with Gasteiger partial charge in [-0.1, -0.05) is 0 Å². The van der Waals surface area contributed by atoms with E-state index in [2.05, 4.69) is 9.71 Å². The van der Waals surface area contributed by atoms with Gasteiger partial charge in [-0.15, -0.1) is 0 Å². The average molecular weight is 278 g/mol. The molecular formula is C13H14N2O3S. The van der Waals surface area contributed by atoms with E-state index in [1.807, 2.05) is 0 Å². The van der Waals surface area contributed by atoms with E-state index >= 15 is 0 Å². The molecule has 0 aliphatic rings. The van der Waals surface area contributed by atoms with Gasteiger partial charge in [-0.3, -0.25) is 9.71 Å². The van der Waals surface area contributed by atoms with Gasteiger partial charge in [-0.2, -0.15) is 0 Å². The van der Waals surface area contributed by atoms with Crippen LogP contribution in [0.3, 0.4) is 0 Å².